The van der Waals surface area contributed by atoms with Gasteiger partial charge >= 0.3 is 0 Å². The highest BCUT2D eigenvalue weighted by Crippen LogP contribution is 2.19. The predicted molar refractivity (Wildman–Crippen MR) is 64.4 cm³/mol. The summed E-state index contributed by atoms with van der Waals surface area (Å²) in [5.41, 5.74) is 6.05. The second-order valence-corrected chi connectivity index (χ2v) is 4.23. The topological polar surface area (TPSA) is 38.0 Å². The average molecular weight is 200 g/mol. The second kappa shape index (κ2) is 7.24. The summed E-state index contributed by atoms with van der Waals surface area (Å²) < 4.78 is 0. The van der Waals surface area contributed by atoms with Gasteiger partial charge in [-0.3, -0.25) is 0 Å². The minimum atomic E-state index is 0.350. The van der Waals surface area contributed by atoms with Gasteiger partial charge in [0.05, 0.1) is 0 Å². The monoisotopic (exact) mass is 200 g/mol. The first-order valence-electron chi connectivity index (χ1n) is 6.13. The lowest BCUT2D eigenvalue weighted by Crippen LogP contribution is -2.46. The van der Waals surface area contributed by atoms with Crippen molar-refractivity contribution in [3.8, 4) is 0 Å². The van der Waals surface area contributed by atoms with Crippen molar-refractivity contribution >= 4 is 0 Å². The highest BCUT2D eigenvalue weighted by Gasteiger charge is 2.23. The molecule has 0 rings (SSSR count). The molecule has 0 radical (unpaired) electrons. The van der Waals surface area contributed by atoms with E-state index in [1.54, 1.807) is 0 Å². The van der Waals surface area contributed by atoms with Crippen molar-refractivity contribution in [2.45, 2.75) is 58.9 Å². The van der Waals surface area contributed by atoms with E-state index in [1.807, 2.05) is 0 Å². The Balaban J connectivity index is 4.04. The Morgan fingerprint density at radius 1 is 1.07 bits per heavy atom. The van der Waals surface area contributed by atoms with E-state index in [1.165, 1.54) is 25.7 Å². The average Bonchev–Trinajstić information content (AvgIpc) is 2.26. The second-order valence-electron chi connectivity index (χ2n) is 4.23. The van der Waals surface area contributed by atoms with Gasteiger partial charge in [-0.1, -0.05) is 34.1 Å². The van der Waals surface area contributed by atoms with Crippen LogP contribution in [0, 0.1) is 5.92 Å². The summed E-state index contributed by atoms with van der Waals surface area (Å²) in [6, 6.07) is 0. The maximum Gasteiger partial charge on any atom is 0.0173 e. The number of nitrogens with two attached hydrogens (primary N) is 1. The van der Waals surface area contributed by atoms with Gasteiger partial charge in [-0.15, -0.1) is 0 Å². The van der Waals surface area contributed by atoms with Crippen LogP contribution in [0.25, 0.3) is 0 Å². The normalized spacial score (nSPS) is 14.4. The standard InChI is InChI=1S/C12H28N2/c1-5-11(9-13)10-14-12(6-2,7-3)8-4/h11,14H,5-10,13H2,1-4H3. The molecular formula is C12H28N2. The Kier molecular flexibility index (Phi) is 7.20. The van der Waals surface area contributed by atoms with Crippen molar-refractivity contribution in [3.05, 3.63) is 0 Å². The number of hydrogen-bond acceptors (Lipinski definition) is 2. The van der Waals surface area contributed by atoms with Crippen molar-refractivity contribution in [1.29, 1.82) is 0 Å². The maximum atomic E-state index is 5.70. The van der Waals surface area contributed by atoms with Gasteiger partial charge in [-0.2, -0.15) is 0 Å². The van der Waals surface area contributed by atoms with Crippen LogP contribution in [0.2, 0.25) is 0 Å². The van der Waals surface area contributed by atoms with Gasteiger partial charge in [-0.25, -0.2) is 0 Å². The van der Waals surface area contributed by atoms with Gasteiger partial charge in [0.15, 0.2) is 0 Å². The molecule has 0 aliphatic rings. The van der Waals surface area contributed by atoms with E-state index < -0.39 is 0 Å². The molecule has 2 nitrogen and oxygen atoms in total. The zero-order valence-corrected chi connectivity index (χ0v) is 10.4. The van der Waals surface area contributed by atoms with Crippen molar-refractivity contribution in [3.63, 3.8) is 0 Å². The molecule has 86 valence electrons. The summed E-state index contributed by atoms with van der Waals surface area (Å²) in [4.78, 5) is 0. The summed E-state index contributed by atoms with van der Waals surface area (Å²) in [6.45, 7) is 10.9. The Morgan fingerprint density at radius 3 is 1.86 bits per heavy atom. The van der Waals surface area contributed by atoms with E-state index in [9.17, 15) is 0 Å². The van der Waals surface area contributed by atoms with Crippen LogP contribution in [0.15, 0.2) is 0 Å². The molecule has 0 aliphatic carbocycles. The molecule has 0 aromatic carbocycles. The lowest BCUT2D eigenvalue weighted by molar-refractivity contribution is 0.269. The Morgan fingerprint density at radius 2 is 1.57 bits per heavy atom. The van der Waals surface area contributed by atoms with Gasteiger partial charge in [0.25, 0.3) is 0 Å². The zero-order valence-electron chi connectivity index (χ0n) is 10.4. The van der Waals surface area contributed by atoms with Crippen LogP contribution in [0.1, 0.15) is 53.4 Å². The van der Waals surface area contributed by atoms with Crippen molar-refractivity contribution in [1.82, 2.24) is 5.32 Å². The minimum Gasteiger partial charge on any atom is -0.330 e. The molecule has 2 heteroatoms. The quantitative estimate of drug-likeness (QED) is 0.632. The first-order chi connectivity index (χ1) is 6.67. The van der Waals surface area contributed by atoms with Gasteiger partial charge in [0.2, 0.25) is 0 Å². The maximum absolute atomic E-state index is 5.70. The van der Waals surface area contributed by atoms with Crippen LogP contribution in [0.3, 0.4) is 0 Å². The molecule has 0 saturated heterocycles. The van der Waals surface area contributed by atoms with E-state index >= 15 is 0 Å². The zero-order chi connectivity index (χ0) is 11.0. The van der Waals surface area contributed by atoms with Crippen LogP contribution >= 0.6 is 0 Å². The largest absolute Gasteiger partial charge is 0.330 e. The fourth-order valence-electron chi connectivity index (χ4n) is 1.88. The SMILES string of the molecule is CCC(CN)CNC(CC)(CC)CC. The lowest BCUT2D eigenvalue weighted by Gasteiger charge is -2.33. The minimum absolute atomic E-state index is 0.350. The fraction of sp³-hybridized carbons (Fsp3) is 1.00. The van der Waals surface area contributed by atoms with Crippen molar-refractivity contribution in [2.24, 2.45) is 11.7 Å². The van der Waals surface area contributed by atoms with Crippen LogP contribution in [0.5, 0.6) is 0 Å². The first-order valence-corrected chi connectivity index (χ1v) is 6.13. The van der Waals surface area contributed by atoms with Crippen LogP contribution in [0.4, 0.5) is 0 Å². The molecule has 1 unspecified atom stereocenters. The molecule has 0 aromatic rings. The summed E-state index contributed by atoms with van der Waals surface area (Å²) in [5, 5.41) is 3.70. The number of hydrogen-bond donors (Lipinski definition) is 2. The highest BCUT2D eigenvalue weighted by molar-refractivity contribution is 4.84. The molecule has 1 atom stereocenters. The van der Waals surface area contributed by atoms with Crippen LogP contribution in [-0.2, 0) is 0 Å². The van der Waals surface area contributed by atoms with E-state index in [-0.39, 0.29) is 0 Å². The molecule has 0 amide bonds. The van der Waals surface area contributed by atoms with E-state index in [0.29, 0.717) is 11.5 Å². The number of nitrogens with one attached hydrogen (secondary N) is 1. The fourth-order valence-corrected chi connectivity index (χ4v) is 1.88. The van der Waals surface area contributed by atoms with Crippen LogP contribution in [-0.4, -0.2) is 18.6 Å². The van der Waals surface area contributed by atoms with E-state index in [2.05, 4.69) is 33.0 Å². The van der Waals surface area contributed by atoms with Gasteiger partial charge in [-0.05, 0) is 38.3 Å². The molecule has 0 aromatic heterocycles. The molecule has 0 saturated carbocycles. The summed E-state index contributed by atoms with van der Waals surface area (Å²) in [5.74, 6) is 0.638. The molecule has 0 bridgehead atoms. The van der Waals surface area contributed by atoms with E-state index in [4.69, 9.17) is 5.73 Å². The smallest absolute Gasteiger partial charge is 0.0173 e. The van der Waals surface area contributed by atoms with Crippen molar-refractivity contribution in [2.75, 3.05) is 13.1 Å². The molecule has 14 heavy (non-hydrogen) atoms. The number of rotatable bonds is 8. The first kappa shape index (κ1) is 13.9. The summed E-state index contributed by atoms with van der Waals surface area (Å²) >= 11 is 0. The van der Waals surface area contributed by atoms with Crippen molar-refractivity contribution < 1.29 is 0 Å². The Hall–Kier alpha value is -0.0800. The Labute approximate surface area is 89.6 Å². The highest BCUT2D eigenvalue weighted by atomic mass is 15.0. The molecule has 0 aliphatic heterocycles. The predicted octanol–water partition coefficient (Wildman–Crippen LogP) is 2.53. The molecule has 0 spiro atoms. The molecule has 0 heterocycles. The summed E-state index contributed by atoms with van der Waals surface area (Å²) in [7, 11) is 0. The molecular weight excluding hydrogens is 172 g/mol. The van der Waals surface area contributed by atoms with Crippen LogP contribution < -0.4 is 11.1 Å². The third-order valence-corrected chi connectivity index (χ3v) is 3.71. The van der Waals surface area contributed by atoms with E-state index in [0.717, 1.165) is 13.1 Å². The third-order valence-electron chi connectivity index (χ3n) is 3.71. The lowest BCUT2D eigenvalue weighted by atomic mass is 9.89. The summed E-state index contributed by atoms with van der Waals surface area (Å²) in [6.07, 6.45) is 4.81. The van der Waals surface area contributed by atoms with Gasteiger partial charge in [0, 0.05) is 5.54 Å². The molecule has 0 fully saturated rings. The van der Waals surface area contributed by atoms with Gasteiger partial charge in [0.1, 0.15) is 0 Å². The molecule has 3 N–H and O–H groups in total. The third kappa shape index (κ3) is 3.97. The van der Waals surface area contributed by atoms with Gasteiger partial charge < -0.3 is 11.1 Å². The Bertz CT molecular complexity index is 118.